The lowest BCUT2D eigenvalue weighted by Crippen LogP contribution is -2.11. The molecule has 0 atom stereocenters. The van der Waals surface area contributed by atoms with Crippen LogP contribution in [0.25, 0.3) is 83.9 Å². The van der Waals surface area contributed by atoms with Crippen LogP contribution in [0.3, 0.4) is 0 Å². The highest BCUT2D eigenvalue weighted by molar-refractivity contribution is 5.97. The van der Waals surface area contributed by atoms with Crippen molar-refractivity contribution in [2.75, 3.05) is 0 Å². The SMILES string of the molecule is [2H]C([2H])([2H])c1cc(-n2c(-c3cc(C(C)C)cc(C(C)C)c3O)nc3c(-c4cc(-c5cc(-c6ccc(-c7ccccc7)cc6)ccn5)cc(C(C)(C)C)c4)cccc32)ccc1-c1ccccc1. The van der Waals surface area contributed by atoms with E-state index < -0.39 is 6.85 Å². The molecule has 0 bridgehead atoms. The summed E-state index contributed by atoms with van der Waals surface area (Å²) in [6.07, 6.45) is 1.88. The third-order valence-electron chi connectivity index (χ3n) is 12.2. The Morgan fingerprint density at radius 3 is 1.89 bits per heavy atom. The second kappa shape index (κ2) is 16.7. The third kappa shape index (κ3) is 8.10. The molecule has 4 heteroatoms. The molecule has 0 saturated heterocycles. The summed E-state index contributed by atoms with van der Waals surface area (Å²) in [5, 5.41) is 12.2. The summed E-state index contributed by atoms with van der Waals surface area (Å²) in [7, 11) is 0. The van der Waals surface area contributed by atoms with Gasteiger partial charge in [-0.25, -0.2) is 4.98 Å². The van der Waals surface area contributed by atoms with Gasteiger partial charge in [0.2, 0.25) is 0 Å². The van der Waals surface area contributed by atoms with Gasteiger partial charge in [0.1, 0.15) is 11.6 Å². The quantitative estimate of drug-likeness (QED) is 0.158. The lowest BCUT2D eigenvalue weighted by molar-refractivity contribution is 0.466. The van der Waals surface area contributed by atoms with Crippen LogP contribution < -0.4 is 0 Å². The Labute approximate surface area is 376 Å². The average Bonchev–Trinajstić information content (AvgIpc) is 3.71. The summed E-state index contributed by atoms with van der Waals surface area (Å²) < 4.78 is 28.2. The van der Waals surface area contributed by atoms with Crippen molar-refractivity contribution in [1.82, 2.24) is 14.5 Å². The minimum atomic E-state index is -2.41. The van der Waals surface area contributed by atoms with Gasteiger partial charge < -0.3 is 5.11 Å². The molecule has 312 valence electrons. The lowest BCUT2D eigenvalue weighted by atomic mass is 9.83. The summed E-state index contributed by atoms with van der Waals surface area (Å²) in [4.78, 5) is 10.4. The van der Waals surface area contributed by atoms with E-state index in [0.29, 0.717) is 22.6 Å². The zero-order chi connectivity index (χ0) is 46.5. The highest BCUT2D eigenvalue weighted by atomic mass is 16.3. The molecule has 0 unspecified atom stereocenters. The van der Waals surface area contributed by atoms with E-state index in [1.54, 1.807) is 6.07 Å². The molecule has 0 amide bonds. The number of rotatable bonds is 9. The number of aryl methyl sites for hydroxylation is 1. The molecule has 9 rings (SSSR count). The van der Waals surface area contributed by atoms with Gasteiger partial charge >= 0.3 is 0 Å². The van der Waals surface area contributed by atoms with E-state index in [1.807, 2.05) is 77.5 Å². The Balaban J connectivity index is 1.26. The number of aromatic hydroxyl groups is 1. The molecule has 0 saturated carbocycles. The predicted octanol–water partition coefficient (Wildman–Crippen LogP) is 16.0. The zero-order valence-electron chi connectivity index (χ0n) is 40.1. The van der Waals surface area contributed by atoms with Gasteiger partial charge in [-0.2, -0.15) is 0 Å². The third-order valence-corrected chi connectivity index (χ3v) is 12.2. The van der Waals surface area contributed by atoms with Crippen molar-refractivity contribution >= 4 is 11.0 Å². The number of para-hydroxylation sites is 1. The molecule has 7 aromatic carbocycles. The van der Waals surface area contributed by atoms with Gasteiger partial charge in [-0.15, -0.1) is 0 Å². The Hall–Kier alpha value is -7.04. The van der Waals surface area contributed by atoms with Crippen LogP contribution in [0.2, 0.25) is 0 Å². The van der Waals surface area contributed by atoms with E-state index in [1.165, 1.54) is 11.1 Å². The van der Waals surface area contributed by atoms with E-state index in [-0.39, 0.29) is 28.6 Å². The Morgan fingerprint density at radius 2 is 1.22 bits per heavy atom. The summed E-state index contributed by atoms with van der Waals surface area (Å²) in [6.45, 7) is 12.7. The van der Waals surface area contributed by atoms with Crippen molar-refractivity contribution in [3.05, 3.63) is 192 Å². The first-order valence-corrected chi connectivity index (χ1v) is 21.9. The standard InChI is InChI=1S/C59H55N3O/c1-37(2)45-34-52(38(3)4)57(63)53(35-45)58-61-56-51(20-15-21-55(56)62(58)49-26-27-50(39(5)30-49)43-18-13-10-14-19-43)46-31-47(33-48(32-46)59(6,7)8)54-36-44(28-29-60-54)42-24-22-41(23-25-42)40-16-11-9-12-17-40/h9-38,63H,1-8H3/i5D3. The maximum atomic E-state index is 12.2. The highest BCUT2D eigenvalue weighted by Crippen LogP contribution is 2.43. The normalized spacial score (nSPS) is 12.7. The molecular formula is C59H55N3O. The Morgan fingerprint density at radius 1 is 0.556 bits per heavy atom. The number of phenolic OH excluding ortho intramolecular Hbond substituents is 1. The number of nitrogens with zero attached hydrogens (tertiary/aromatic N) is 3. The number of aromatic nitrogens is 3. The Kier molecular flexibility index (Phi) is 9.98. The van der Waals surface area contributed by atoms with E-state index >= 15 is 0 Å². The van der Waals surface area contributed by atoms with Gasteiger partial charge in [-0.3, -0.25) is 9.55 Å². The topological polar surface area (TPSA) is 50.9 Å². The molecule has 4 nitrogen and oxygen atoms in total. The largest absolute Gasteiger partial charge is 0.507 e. The molecule has 9 aromatic rings. The lowest BCUT2D eigenvalue weighted by Gasteiger charge is -2.22. The van der Waals surface area contributed by atoms with Crippen LogP contribution in [0.5, 0.6) is 5.75 Å². The first-order valence-electron chi connectivity index (χ1n) is 23.4. The predicted molar refractivity (Wildman–Crippen MR) is 265 cm³/mol. The second-order valence-corrected chi connectivity index (χ2v) is 18.3. The fraction of sp³-hybridized carbons (Fsp3) is 0.186. The van der Waals surface area contributed by atoms with Gasteiger partial charge in [0.05, 0.1) is 22.3 Å². The summed E-state index contributed by atoms with van der Waals surface area (Å²) >= 11 is 0. The van der Waals surface area contributed by atoms with Gasteiger partial charge in [0.25, 0.3) is 0 Å². The van der Waals surface area contributed by atoms with E-state index in [9.17, 15) is 5.11 Å². The van der Waals surface area contributed by atoms with Crippen molar-refractivity contribution in [2.45, 2.75) is 72.6 Å². The monoisotopic (exact) mass is 824 g/mol. The molecular weight excluding hydrogens is 767 g/mol. The first-order chi connectivity index (χ1) is 31.5. The molecule has 0 fully saturated rings. The minimum absolute atomic E-state index is 0.0440. The molecule has 0 aliphatic heterocycles. The van der Waals surface area contributed by atoms with E-state index in [4.69, 9.17) is 14.1 Å². The molecule has 63 heavy (non-hydrogen) atoms. The average molecular weight is 825 g/mol. The maximum Gasteiger partial charge on any atom is 0.149 e. The number of benzene rings is 7. The summed E-state index contributed by atoms with van der Waals surface area (Å²) in [5.74, 6) is 0.926. The van der Waals surface area contributed by atoms with Crippen LogP contribution in [0.4, 0.5) is 0 Å². The van der Waals surface area contributed by atoms with E-state index in [2.05, 4.69) is 139 Å². The van der Waals surface area contributed by atoms with Crippen LogP contribution >= 0.6 is 0 Å². The van der Waals surface area contributed by atoms with Crippen molar-refractivity contribution in [3.63, 3.8) is 0 Å². The van der Waals surface area contributed by atoms with Gasteiger partial charge in [0.15, 0.2) is 0 Å². The minimum Gasteiger partial charge on any atom is -0.507 e. The van der Waals surface area contributed by atoms with Crippen molar-refractivity contribution in [2.24, 2.45) is 0 Å². The van der Waals surface area contributed by atoms with E-state index in [0.717, 1.165) is 66.8 Å². The number of hydrogen-bond donors (Lipinski definition) is 1. The molecule has 0 spiro atoms. The molecule has 2 aromatic heterocycles. The van der Waals surface area contributed by atoms with Crippen LogP contribution in [-0.4, -0.2) is 19.6 Å². The van der Waals surface area contributed by atoms with Gasteiger partial charge in [-0.05, 0) is 134 Å². The smallest absolute Gasteiger partial charge is 0.149 e. The highest BCUT2D eigenvalue weighted by Gasteiger charge is 2.25. The summed E-state index contributed by atoms with van der Waals surface area (Å²) in [5.41, 5.74) is 15.6. The zero-order valence-corrected chi connectivity index (χ0v) is 37.1. The molecule has 0 aliphatic rings. The molecule has 2 heterocycles. The van der Waals surface area contributed by atoms with Gasteiger partial charge in [-0.1, -0.05) is 164 Å². The first kappa shape index (κ1) is 37.7. The number of pyridine rings is 1. The van der Waals surface area contributed by atoms with Crippen LogP contribution in [0.1, 0.15) is 86.7 Å². The second-order valence-electron chi connectivity index (χ2n) is 18.3. The van der Waals surface area contributed by atoms with Gasteiger partial charge in [0, 0.05) is 27.1 Å². The molecule has 0 aliphatic carbocycles. The molecule has 0 radical (unpaired) electrons. The Bertz CT molecular complexity index is 3210. The van der Waals surface area contributed by atoms with Crippen LogP contribution in [0, 0.1) is 6.85 Å². The number of phenols is 1. The number of hydrogen-bond acceptors (Lipinski definition) is 3. The van der Waals surface area contributed by atoms with Crippen molar-refractivity contribution < 1.29 is 9.22 Å². The maximum absolute atomic E-state index is 12.2. The van der Waals surface area contributed by atoms with Crippen molar-refractivity contribution in [1.29, 1.82) is 0 Å². The fourth-order valence-corrected chi connectivity index (χ4v) is 8.56. The summed E-state index contributed by atoms with van der Waals surface area (Å²) in [6, 6.07) is 55.6. The van der Waals surface area contributed by atoms with Crippen LogP contribution in [0.15, 0.2) is 170 Å². The van der Waals surface area contributed by atoms with Crippen molar-refractivity contribution in [3.8, 4) is 78.6 Å². The number of fused-ring (bicyclic) bond motifs is 1. The number of imidazole rings is 1. The molecule has 1 N–H and O–H groups in total. The van der Waals surface area contributed by atoms with Crippen LogP contribution in [-0.2, 0) is 5.41 Å². The fourth-order valence-electron chi connectivity index (χ4n) is 8.56.